The summed E-state index contributed by atoms with van der Waals surface area (Å²) in [6, 6.07) is 7.56. The van der Waals surface area contributed by atoms with E-state index in [-0.39, 0.29) is 12.3 Å². The molecule has 0 fully saturated rings. The van der Waals surface area contributed by atoms with Crippen molar-refractivity contribution in [3.8, 4) is 11.5 Å². The van der Waals surface area contributed by atoms with Crippen LogP contribution in [-0.4, -0.2) is 21.3 Å². The van der Waals surface area contributed by atoms with Gasteiger partial charge in [-0.3, -0.25) is 4.79 Å². The van der Waals surface area contributed by atoms with Gasteiger partial charge in [0.25, 0.3) is 0 Å². The first-order valence-electron chi connectivity index (χ1n) is 4.76. The average Bonchev–Trinajstić information content (AvgIpc) is 2.66. The Kier molecular flexibility index (Phi) is 2.68. The highest BCUT2D eigenvalue weighted by molar-refractivity contribution is 5.68. The minimum Gasteiger partial charge on any atom is -0.481 e. The topological polar surface area (TPSA) is 76.2 Å². The van der Waals surface area contributed by atoms with Crippen LogP contribution in [0.15, 0.2) is 28.7 Å². The highest BCUT2D eigenvalue weighted by Gasteiger charge is 2.10. The number of hydrogen-bond donors (Lipinski definition) is 1. The molecular formula is C11H10N2O3. The summed E-state index contributed by atoms with van der Waals surface area (Å²) in [5.74, 6) is -0.529. The number of aromatic nitrogens is 2. The molecule has 0 aliphatic heterocycles. The molecule has 0 aliphatic carbocycles. The van der Waals surface area contributed by atoms with Gasteiger partial charge in [-0.15, -0.1) is 10.2 Å². The Balaban J connectivity index is 2.24. The smallest absolute Gasteiger partial charge is 0.312 e. The minimum absolute atomic E-state index is 0.114. The van der Waals surface area contributed by atoms with Gasteiger partial charge in [0.1, 0.15) is 6.42 Å². The van der Waals surface area contributed by atoms with E-state index >= 15 is 0 Å². The number of hydrogen-bond acceptors (Lipinski definition) is 4. The van der Waals surface area contributed by atoms with Gasteiger partial charge < -0.3 is 9.52 Å². The van der Waals surface area contributed by atoms with Crippen molar-refractivity contribution in [2.45, 2.75) is 13.3 Å². The van der Waals surface area contributed by atoms with Gasteiger partial charge in [0, 0.05) is 5.56 Å². The molecule has 0 atom stereocenters. The number of rotatable bonds is 3. The molecule has 0 bridgehead atoms. The maximum absolute atomic E-state index is 10.4. The zero-order valence-electron chi connectivity index (χ0n) is 8.67. The van der Waals surface area contributed by atoms with E-state index in [9.17, 15) is 4.79 Å². The minimum atomic E-state index is -0.987. The molecule has 1 aromatic carbocycles. The third-order valence-electron chi connectivity index (χ3n) is 2.07. The first-order valence-corrected chi connectivity index (χ1v) is 4.76. The molecule has 0 aliphatic rings. The Labute approximate surface area is 91.7 Å². The lowest BCUT2D eigenvalue weighted by atomic mass is 10.1. The Bertz CT molecular complexity index is 502. The first kappa shape index (κ1) is 10.4. The summed E-state index contributed by atoms with van der Waals surface area (Å²) < 4.78 is 5.22. The molecule has 5 heteroatoms. The molecule has 2 aromatic rings. The summed E-state index contributed by atoms with van der Waals surface area (Å²) in [4.78, 5) is 10.4. The standard InChI is InChI=1S/C11H10N2O3/c1-7-2-4-8(5-3-7)11-13-12-9(16-11)6-10(14)15/h2-5H,6H2,1H3,(H,14,15). The lowest BCUT2D eigenvalue weighted by molar-refractivity contribution is -0.136. The van der Waals surface area contributed by atoms with Crippen LogP contribution >= 0.6 is 0 Å². The van der Waals surface area contributed by atoms with E-state index in [1.54, 1.807) is 0 Å². The summed E-state index contributed by atoms with van der Waals surface area (Å²) in [5, 5.41) is 16.0. The first-order chi connectivity index (χ1) is 7.65. The molecule has 0 unspecified atom stereocenters. The third-order valence-corrected chi connectivity index (χ3v) is 2.07. The lowest BCUT2D eigenvalue weighted by Gasteiger charge is -1.94. The molecule has 0 saturated heterocycles. The summed E-state index contributed by atoms with van der Waals surface area (Å²) in [7, 11) is 0. The summed E-state index contributed by atoms with van der Waals surface area (Å²) >= 11 is 0. The fraction of sp³-hybridized carbons (Fsp3) is 0.182. The molecule has 0 amide bonds. The van der Waals surface area contributed by atoms with Crippen molar-refractivity contribution >= 4 is 5.97 Å². The second-order valence-electron chi connectivity index (χ2n) is 3.44. The van der Waals surface area contributed by atoms with Gasteiger partial charge in [0.15, 0.2) is 0 Å². The van der Waals surface area contributed by atoms with Gasteiger partial charge >= 0.3 is 5.97 Å². The van der Waals surface area contributed by atoms with Crippen molar-refractivity contribution in [1.82, 2.24) is 10.2 Å². The quantitative estimate of drug-likeness (QED) is 0.847. The predicted molar refractivity (Wildman–Crippen MR) is 55.8 cm³/mol. The number of carboxylic acid groups (broad SMARTS) is 1. The van der Waals surface area contributed by atoms with Crippen LogP contribution in [-0.2, 0) is 11.2 Å². The van der Waals surface area contributed by atoms with E-state index in [0.717, 1.165) is 11.1 Å². The van der Waals surface area contributed by atoms with Gasteiger partial charge in [0.2, 0.25) is 11.8 Å². The molecule has 1 aromatic heterocycles. The maximum atomic E-state index is 10.4. The van der Waals surface area contributed by atoms with Gasteiger partial charge in [-0.2, -0.15) is 0 Å². The number of benzene rings is 1. The Morgan fingerprint density at radius 1 is 1.31 bits per heavy atom. The van der Waals surface area contributed by atoms with E-state index in [4.69, 9.17) is 9.52 Å². The summed E-state index contributed by atoms with van der Waals surface area (Å²) in [5.41, 5.74) is 1.92. The van der Waals surface area contributed by atoms with Crippen molar-refractivity contribution in [2.75, 3.05) is 0 Å². The van der Waals surface area contributed by atoms with Gasteiger partial charge in [-0.25, -0.2) is 0 Å². The van der Waals surface area contributed by atoms with Crippen LogP contribution in [0.2, 0.25) is 0 Å². The van der Waals surface area contributed by atoms with Gasteiger partial charge in [-0.05, 0) is 19.1 Å². The molecule has 16 heavy (non-hydrogen) atoms. The highest BCUT2D eigenvalue weighted by atomic mass is 16.4. The third kappa shape index (κ3) is 2.25. The fourth-order valence-corrected chi connectivity index (χ4v) is 1.27. The van der Waals surface area contributed by atoms with Crippen LogP contribution in [0.1, 0.15) is 11.5 Å². The Morgan fingerprint density at radius 3 is 2.62 bits per heavy atom. The molecule has 0 spiro atoms. The lowest BCUT2D eigenvalue weighted by Crippen LogP contribution is -1.99. The van der Waals surface area contributed by atoms with Crippen molar-refractivity contribution in [3.05, 3.63) is 35.7 Å². The van der Waals surface area contributed by atoms with Crippen molar-refractivity contribution in [2.24, 2.45) is 0 Å². The van der Waals surface area contributed by atoms with Crippen LogP contribution in [0.5, 0.6) is 0 Å². The number of aliphatic carboxylic acids is 1. The fourth-order valence-electron chi connectivity index (χ4n) is 1.27. The SMILES string of the molecule is Cc1ccc(-c2nnc(CC(=O)O)o2)cc1. The predicted octanol–water partition coefficient (Wildman–Crippen LogP) is 1.67. The second kappa shape index (κ2) is 4.14. The van der Waals surface area contributed by atoms with E-state index in [0.29, 0.717) is 5.89 Å². The molecule has 0 saturated carbocycles. The number of carboxylic acids is 1. The second-order valence-corrected chi connectivity index (χ2v) is 3.44. The average molecular weight is 218 g/mol. The van der Waals surface area contributed by atoms with E-state index in [1.807, 2.05) is 31.2 Å². The molecule has 1 N–H and O–H groups in total. The van der Waals surface area contributed by atoms with E-state index in [2.05, 4.69) is 10.2 Å². The molecule has 0 radical (unpaired) electrons. The maximum Gasteiger partial charge on any atom is 0.312 e. The Morgan fingerprint density at radius 2 is 2.00 bits per heavy atom. The van der Waals surface area contributed by atoms with Crippen LogP contribution in [0.4, 0.5) is 0 Å². The zero-order valence-corrected chi connectivity index (χ0v) is 8.67. The summed E-state index contributed by atoms with van der Waals surface area (Å²) in [6.07, 6.45) is -0.251. The van der Waals surface area contributed by atoms with Crippen LogP contribution in [0, 0.1) is 6.92 Å². The van der Waals surface area contributed by atoms with E-state index < -0.39 is 5.97 Å². The van der Waals surface area contributed by atoms with Crippen molar-refractivity contribution in [3.63, 3.8) is 0 Å². The van der Waals surface area contributed by atoms with E-state index in [1.165, 1.54) is 0 Å². The molecule has 2 rings (SSSR count). The highest BCUT2D eigenvalue weighted by Crippen LogP contribution is 2.18. The normalized spacial score (nSPS) is 10.3. The van der Waals surface area contributed by atoms with Crippen molar-refractivity contribution in [1.29, 1.82) is 0 Å². The van der Waals surface area contributed by atoms with Crippen LogP contribution in [0.3, 0.4) is 0 Å². The number of nitrogens with zero attached hydrogens (tertiary/aromatic N) is 2. The zero-order chi connectivity index (χ0) is 11.5. The number of carbonyl (C=O) groups is 1. The number of aryl methyl sites for hydroxylation is 1. The molecule has 1 heterocycles. The van der Waals surface area contributed by atoms with Gasteiger partial charge in [-0.1, -0.05) is 17.7 Å². The largest absolute Gasteiger partial charge is 0.481 e. The van der Waals surface area contributed by atoms with Gasteiger partial charge in [0.05, 0.1) is 0 Å². The Hall–Kier alpha value is -2.17. The summed E-state index contributed by atoms with van der Waals surface area (Å²) in [6.45, 7) is 1.98. The monoisotopic (exact) mass is 218 g/mol. The molecular weight excluding hydrogens is 208 g/mol. The molecule has 82 valence electrons. The molecule has 5 nitrogen and oxygen atoms in total. The van der Waals surface area contributed by atoms with Crippen molar-refractivity contribution < 1.29 is 14.3 Å². The van der Waals surface area contributed by atoms with Crippen LogP contribution in [0.25, 0.3) is 11.5 Å². The van der Waals surface area contributed by atoms with Crippen LogP contribution < -0.4 is 0 Å².